The van der Waals surface area contributed by atoms with Crippen LogP contribution >= 0.6 is 0 Å². The van der Waals surface area contributed by atoms with Crippen LogP contribution in [0.15, 0.2) is 36.7 Å². The van der Waals surface area contributed by atoms with Crippen LogP contribution in [0.3, 0.4) is 0 Å². The normalized spacial score (nSPS) is 17.8. The van der Waals surface area contributed by atoms with Gasteiger partial charge in [0.1, 0.15) is 11.5 Å². The molecule has 1 aromatic heterocycles. The van der Waals surface area contributed by atoms with Gasteiger partial charge in [-0.15, -0.1) is 0 Å². The molecule has 0 bridgehead atoms. The van der Waals surface area contributed by atoms with Crippen LogP contribution in [0.5, 0.6) is 0 Å². The molecule has 8 heteroatoms. The van der Waals surface area contributed by atoms with E-state index in [1.54, 1.807) is 18.5 Å². The maximum atomic E-state index is 13.2. The number of hydrogen-bond donors (Lipinski definition) is 1. The van der Waals surface area contributed by atoms with E-state index in [2.05, 4.69) is 15.3 Å². The number of anilines is 2. The van der Waals surface area contributed by atoms with Gasteiger partial charge >= 0.3 is 0 Å². The SMILES string of the molecule is O=[N+]([O-])c1cc(F)ccc1N[C@@H]1CCCN(c2ncccn2)C1. The first-order chi connectivity index (χ1) is 11.1. The Bertz CT molecular complexity index is 698. The zero-order valence-corrected chi connectivity index (χ0v) is 12.4. The predicted octanol–water partition coefficient (Wildman–Crippen LogP) is 2.60. The first kappa shape index (κ1) is 15.1. The van der Waals surface area contributed by atoms with Crippen LogP contribution in [0.25, 0.3) is 0 Å². The Hall–Kier alpha value is -2.77. The molecule has 1 N–H and O–H groups in total. The number of halogens is 1. The minimum atomic E-state index is -0.620. The van der Waals surface area contributed by atoms with Gasteiger partial charge in [-0.25, -0.2) is 14.4 Å². The summed E-state index contributed by atoms with van der Waals surface area (Å²) >= 11 is 0. The highest BCUT2D eigenvalue weighted by molar-refractivity contribution is 5.62. The molecule has 0 aliphatic carbocycles. The molecule has 23 heavy (non-hydrogen) atoms. The van der Waals surface area contributed by atoms with Gasteiger partial charge in [-0.05, 0) is 31.0 Å². The number of aromatic nitrogens is 2. The Morgan fingerprint density at radius 3 is 2.87 bits per heavy atom. The third-order valence-corrected chi connectivity index (χ3v) is 3.77. The lowest BCUT2D eigenvalue weighted by atomic mass is 10.1. The lowest BCUT2D eigenvalue weighted by Crippen LogP contribution is -2.43. The molecule has 0 spiro atoms. The average molecular weight is 317 g/mol. The smallest absolute Gasteiger partial charge is 0.295 e. The van der Waals surface area contributed by atoms with Crippen LogP contribution in [-0.4, -0.2) is 34.0 Å². The van der Waals surface area contributed by atoms with Gasteiger partial charge in [0.15, 0.2) is 0 Å². The van der Waals surface area contributed by atoms with Gasteiger partial charge in [-0.2, -0.15) is 0 Å². The summed E-state index contributed by atoms with van der Waals surface area (Å²) in [4.78, 5) is 21.0. The first-order valence-corrected chi connectivity index (χ1v) is 7.36. The second-order valence-corrected chi connectivity index (χ2v) is 5.40. The second kappa shape index (κ2) is 6.55. The van der Waals surface area contributed by atoms with Crippen LogP contribution in [0.4, 0.5) is 21.7 Å². The van der Waals surface area contributed by atoms with Gasteiger partial charge in [0.05, 0.1) is 11.0 Å². The van der Waals surface area contributed by atoms with Crippen molar-refractivity contribution >= 4 is 17.3 Å². The Labute approximate surface area is 132 Å². The fourth-order valence-corrected chi connectivity index (χ4v) is 2.73. The molecule has 2 aromatic rings. The van der Waals surface area contributed by atoms with E-state index in [0.29, 0.717) is 18.2 Å². The lowest BCUT2D eigenvalue weighted by molar-refractivity contribution is -0.384. The van der Waals surface area contributed by atoms with Gasteiger partial charge < -0.3 is 10.2 Å². The van der Waals surface area contributed by atoms with Gasteiger partial charge in [-0.3, -0.25) is 10.1 Å². The summed E-state index contributed by atoms with van der Waals surface area (Å²) in [5.41, 5.74) is 0.0790. The highest BCUT2D eigenvalue weighted by Crippen LogP contribution is 2.27. The maximum absolute atomic E-state index is 13.2. The Kier molecular flexibility index (Phi) is 4.31. The van der Waals surface area contributed by atoms with Crippen molar-refractivity contribution in [3.63, 3.8) is 0 Å². The summed E-state index contributed by atoms with van der Waals surface area (Å²) in [7, 11) is 0. The number of nitro benzene ring substituents is 1. The molecule has 2 heterocycles. The molecule has 0 radical (unpaired) electrons. The van der Waals surface area contributed by atoms with Crippen molar-refractivity contribution in [2.45, 2.75) is 18.9 Å². The lowest BCUT2D eigenvalue weighted by Gasteiger charge is -2.33. The van der Waals surface area contributed by atoms with E-state index >= 15 is 0 Å². The van der Waals surface area contributed by atoms with Crippen molar-refractivity contribution in [1.82, 2.24) is 9.97 Å². The van der Waals surface area contributed by atoms with E-state index in [4.69, 9.17) is 0 Å². The number of nitrogens with one attached hydrogen (secondary N) is 1. The molecule has 3 rings (SSSR count). The van der Waals surface area contributed by atoms with E-state index in [1.807, 2.05) is 4.90 Å². The number of piperidine rings is 1. The molecule has 1 saturated heterocycles. The second-order valence-electron chi connectivity index (χ2n) is 5.40. The average Bonchev–Trinajstić information content (AvgIpc) is 2.57. The van der Waals surface area contributed by atoms with E-state index in [0.717, 1.165) is 25.5 Å². The Balaban J connectivity index is 1.74. The zero-order valence-electron chi connectivity index (χ0n) is 12.4. The number of hydrogen-bond acceptors (Lipinski definition) is 6. The first-order valence-electron chi connectivity index (χ1n) is 7.36. The highest BCUT2D eigenvalue weighted by Gasteiger charge is 2.24. The Morgan fingerprint density at radius 2 is 2.13 bits per heavy atom. The van der Waals surface area contributed by atoms with E-state index in [-0.39, 0.29) is 11.7 Å². The van der Waals surface area contributed by atoms with E-state index in [9.17, 15) is 14.5 Å². The molecular formula is C15H16FN5O2. The monoisotopic (exact) mass is 317 g/mol. The van der Waals surface area contributed by atoms with Crippen LogP contribution in [0.1, 0.15) is 12.8 Å². The summed E-state index contributed by atoms with van der Waals surface area (Å²) in [5, 5.41) is 14.2. The fraction of sp³-hybridized carbons (Fsp3) is 0.333. The summed E-state index contributed by atoms with van der Waals surface area (Å²) in [5.74, 6) is 0.0258. The third-order valence-electron chi connectivity index (χ3n) is 3.77. The van der Waals surface area contributed by atoms with Crippen molar-refractivity contribution < 1.29 is 9.31 Å². The van der Waals surface area contributed by atoms with Crippen molar-refractivity contribution in [3.8, 4) is 0 Å². The number of rotatable bonds is 4. The fourth-order valence-electron chi connectivity index (χ4n) is 2.73. The summed E-state index contributed by atoms with van der Waals surface area (Å²) in [6.45, 7) is 1.48. The molecule has 1 fully saturated rings. The molecule has 1 aliphatic heterocycles. The third kappa shape index (κ3) is 3.53. The molecule has 1 aliphatic rings. The largest absolute Gasteiger partial charge is 0.375 e. The van der Waals surface area contributed by atoms with Crippen LogP contribution in [0, 0.1) is 15.9 Å². The molecule has 1 aromatic carbocycles. The minimum Gasteiger partial charge on any atom is -0.375 e. The Morgan fingerprint density at radius 1 is 1.35 bits per heavy atom. The molecule has 0 amide bonds. The molecular weight excluding hydrogens is 301 g/mol. The quantitative estimate of drug-likeness (QED) is 0.689. The van der Waals surface area contributed by atoms with Gasteiger partial charge in [0.2, 0.25) is 5.95 Å². The van der Waals surface area contributed by atoms with Crippen LogP contribution in [-0.2, 0) is 0 Å². The van der Waals surface area contributed by atoms with Crippen molar-refractivity contribution in [3.05, 3.63) is 52.6 Å². The van der Waals surface area contributed by atoms with Gasteiger partial charge in [-0.1, -0.05) is 0 Å². The van der Waals surface area contributed by atoms with Crippen molar-refractivity contribution in [2.75, 3.05) is 23.3 Å². The predicted molar refractivity (Wildman–Crippen MR) is 83.9 cm³/mol. The standard InChI is InChI=1S/C15H16FN5O2/c16-11-4-5-13(14(9-11)21(22)23)19-12-3-1-8-20(10-12)15-17-6-2-7-18-15/h2,4-7,9,12,19H,1,3,8,10H2/t12-/m1/s1. The summed E-state index contributed by atoms with van der Waals surface area (Å²) in [6.07, 6.45) is 5.16. The van der Waals surface area contributed by atoms with E-state index < -0.39 is 10.7 Å². The van der Waals surface area contributed by atoms with E-state index in [1.165, 1.54) is 12.1 Å². The number of nitro groups is 1. The molecule has 120 valence electrons. The van der Waals surface area contributed by atoms with Gasteiger partial charge in [0.25, 0.3) is 5.69 Å². The van der Waals surface area contributed by atoms with Crippen LogP contribution < -0.4 is 10.2 Å². The van der Waals surface area contributed by atoms with Crippen molar-refractivity contribution in [2.24, 2.45) is 0 Å². The molecule has 7 nitrogen and oxygen atoms in total. The van der Waals surface area contributed by atoms with Gasteiger partial charge in [0, 0.05) is 31.5 Å². The molecule has 0 saturated carbocycles. The summed E-state index contributed by atoms with van der Waals surface area (Å²) < 4.78 is 13.2. The van der Waals surface area contributed by atoms with Crippen LogP contribution in [0.2, 0.25) is 0 Å². The minimum absolute atomic E-state index is 0.0108. The molecule has 0 unspecified atom stereocenters. The topological polar surface area (TPSA) is 84.2 Å². The maximum Gasteiger partial charge on any atom is 0.295 e. The number of benzene rings is 1. The molecule has 1 atom stereocenters. The van der Waals surface area contributed by atoms with Crippen molar-refractivity contribution in [1.29, 1.82) is 0 Å². The zero-order chi connectivity index (χ0) is 16.2. The number of nitrogens with zero attached hydrogens (tertiary/aromatic N) is 4. The summed E-state index contributed by atoms with van der Waals surface area (Å²) in [6, 6.07) is 5.33. The highest BCUT2D eigenvalue weighted by atomic mass is 19.1.